The number of urea groups is 1. The fourth-order valence-electron chi connectivity index (χ4n) is 6.06. The number of aliphatic hydroxyl groups excluding tert-OH is 6. The number of fused-ring (bicyclic) bond motifs is 1. The molecule has 0 saturated carbocycles. The number of ketones is 1. The van der Waals surface area contributed by atoms with Gasteiger partial charge >= 0.3 is 12.1 Å². The Kier molecular flexibility index (Phi) is 14.7. The number of thioether (sulfide) groups is 1. The van der Waals surface area contributed by atoms with E-state index in [4.69, 9.17) is 34.2 Å². The minimum atomic E-state index is -1.83. The average Bonchev–Trinajstić information content (AvgIpc) is 3.60. The highest BCUT2D eigenvalue weighted by Gasteiger charge is 2.52. The smallest absolute Gasteiger partial charge is 0.404 e. The van der Waals surface area contributed by atoms with Gasteiger partial charge in [0, 0.05) is 30.5 Å². The Morgan fingerprint density at radius 1 is 0.851 bits per heavy atom. The Hall–Kier alpha value is -1.88. The zero-order valence-corrected chi connectivity index (χ0v) is 26.7. The molecule has 47 heavy (non-hydrogen) atoms. The molecule has 0 spiro atoms. The molecule has 270 valence electrons. The summed E-state index contributed by atoms with van der Waals surface area (Å²) in [6, 6.07) is 0.237. The van der Waals surface area contributed by atoms with E-state index >= 15 is 0 Å². The Labute approximate surface area is 275 Å². The number of nitrogens with one attached hydrogen (secondary N) is 2. The van der Waals surface area contributed by atoms with Crippen molar-refractivity contribution in [2.75, 3.05) is 38.8 Å². The molecule has 13 atom stereocenters. The van der Waals surface area contributed by atoms with Crippen LogP contribution in [0.2, 0.25) is 0 Å². The first-order valence-electron chi connectivity index (χ1n) is 15.8. The molecule has 19 heteroatoms. The molecule has 4 saturated heterocycles. The summed E-state index contributed by atoms with van der Waals surface area (Å²) in [6.07, 6.45) is -13.1. The van der Waals surface area contributed by atoms with Crippen molar-refractivity contribution in [2.24, 2.45) is 5.73 Å². The maximum absolute atomic E-state index is 12.3. The molecule has 0 aromatic heterocycles. The highest BCUT2D eigenvalue weighted by Crippen LogP contribution is 2.33. The number of hydrogen-bond acceptors (Lipinski definition) is 16. The van der Waals surface area contributed by atoms with E-state index in [1.165, 1.54) is 0 Å². The van der Waals surface area contributed by atoms with Gasteiger partial charge < -0.3 is 75.4 Å². The zero-order valence-electron chi connectivity index (χ0n) is 25.8. The molecule has 3 amide bonds. The maximum atomic E-state index is 12.3. The summed E-state index contributed by atoms with van der Waals surface area (Å²) in [5.41, 5.74) is 5.03. The van der Waals surface area contributed by atoms with Crippen LogP contribution in [0.3, 0.4) is 0 Å². The van der Waals surface area contributed by atoms with Crippen LogP contribution in [-0.2, 0) is 33.2 Å². The number of amides is 3. The normalized spacial score (nSPS) is 38.4. The summed E-state index contributed by atoms with van der Waals surface area (Å²) in [5, 5.41) is 67.5. The highest BCUT2D eigenvalue weighted by atomic mass is 32.2. The third kappa shape index (κ3) is 10.1. The van der Waals surface area contributed by atoms with Gasteiger partial charge in [-0.15, -0.1) is 0 Å². The van der Waals surface area contributed by atoms with E-state index in [1.807, 2.05) is 11.8 Å². The lowest BCUT2D eigenvalue weighted by molar-refractivity contribution is -0.367. The Balaban J connectivity index is 1.16. The van der Waals surface area contributed by atoms with Gasteiger partial charge in [-0.05, 0) is 19.3 Å². The topological polar surface area (TPSA) is 278 Å². The van der Waals surface area contributed by atoms with Gasteiger partial charge in [0.05, 0.1) is 38.5 Å². The summed E-state index contributed by atoms with van der Waals surface area (Å²) in [5.74, 6) is 1.05. The second-order valence-electron chi connectivity index (χ2n) is 11.9. The molecule has 0 aromatic carbocycles. The first kappa shape index (κ1) is 37.9. The number of ether oxygens (including phenoxy) is 6. The quantitative estimate of drug-likeness (QED) is 0.0504. The molecular weight excluding hydrogens is 650 g/mol. The molecule has 4 aliphatic heterocycles. The van der Waals surface area contributed by atoms with Crippen molar-refractivity contribution in [2.45, 2.75) is 117 Å². The number of primary amides is 1. The van der Waals surface area contributed by atoms with E-state index in [9.17, 15) is 45.0 Å². The van der Waals surface area contributed by atoms with Crippen LogP contribution in [0.1, 0.15) is 38.5 Å². The summed E-state index contributed by atoms with van der Waals surface area (Å²) in [6.45, 7) is -1.17. The van der Waals surface area contributed by atoms with Crippen molar-refractivity contribution < 1.29 is 73.4 Å². The number of rotatable bonds is 18. The Morgan fingerprint density at radius 3 is 2.28 bits per heavy atom. The lowest BCUT2D eigenvalue weighted by Gasteiger charge is -2.46. The van der Waals surface area contributed by atoms with Gasteiger partial charge in [0.2, 0.25) is 0 Å². The molecular formula is C28H47N3O15S. The van der Waals surface area contributed by atoms with Crippen molar-refractivity contribution in [3.63, 3.8) is 0 Å². The van der Waals surface area contributed by atoms with E-state index in [0.29, 0.717) is 24.5 Å². The van der Waals surface area contributed by atoms with Crippen molar-refractivity contribution >= 4 is 29.7 Å². The number of carbonyl (C=O) groups excluding carboxylic acids is 3. The fraction of sp³-hybridized carbons (Fsp3) is 0.893. The SMILES string of the molecule is NC(=O)O[C@H]1[C@H](O)[C@@H](CO)OC(O[C@@H]2[C@H](OCCOCCCC(=O)CCCC[C@@H]3SC[C@@H]4NC(=O)N[C@@H]43)O[C@@H](CO)[C@@H](O)[C@@H]2O)[C@H]1O. The summed E-state index contributed by atoms with van der Waals surface area (Å²) in [7, 11) is 0. The third-order valence-corrected chi connectivity index (χ3v) is 10.1. The van der Waals surface area contributed by atoms with Crippen LogP contribution in [0.15, 0.2) is 0 Å². The Bertz CT molecular complexity index is 1030. The van der Waals surface area contributed by atoms with Gasteiger partial charge in [0.1, 0.15) is 48.5 Å². The van der Waals surface area contributed by atoms with E-state index in [-0.39, 0.29) is 43.7 Å². The van der Waals surface area contributed by atoms with Crippen molar-refractivity contribution in [3.8, 4) is 0 Å². The van der Waals surface area contributed by atoms with E-state index in [1.54, 1.807) is 0 Å². The first-order valence-corrected chi connectivity index (χ1v) is 16.8. The van der Waals surface area contributed by atoms with Crippen LogP contribution < -0.4 is 16.4 Å². The van der Waals surface area contributed by atoms with Crippen LogP contribution in [0.25, 0.3) is 0 Å². The van der Waals surface area contributed by atoms with Gasteiger partial charge in [-0.1, -0.05) is 6.42 Å². The number of carbonyl (C=O) groups is 3. The number of unbranched alkanes of at least 4 members (excludes halogenated alkanes) is 1. The van der Waals surface area contributed by atoms with Gasteiger partial charge in [-0.2, -0.15) is 11.8 Å². The molecule has 0 aliphatic carbocycles. The number of nitrogens with two attached hydrogens (primary N) is 1. The number of Topliss-reactive ketones (excluding diaryl/α,β-unsaturated/α-hetero) is 1. The summed E-state index contributed by atoms with van der Waals surface area (Å²) >= 11 is 1.85. The van der Waals surface area contributed by atoms with Gasteiger partial charge in [-0.25, -0.2) is 9.59 Å². The van der Waals surface area contributed by atoms with E-state index < -0.39 is 80.7 Å². The summed E-state index contributed by atoms with van der Waals surface area (Å²) < 4.78 is 32.6. The van der Waals surface area contributed by atoms with Gasteiger partial charge in [0.25, 0.3) is 0 Å². The van der Waals surface area contributed by atoms with Gasteiger partial charge in [-0.3, -0.25) is 4.79 Å². The Morgan fingerprint density at radius 2 is 1.55 bits per heavy atom. The van der Waals surface area contributed by atoms with Crippen LogP contribution in [0, 0.1) is 0 Å². The number of hydrogen-bond donors (Lipinski definition) is 9. The van der Waals surface area contributed by atoms with Crippen molar-refractivity contribution in [3.05, 3.63) is 0 Å². The average molecular weight is 698 g/mol. The molecule has 4 fully saturated rings. The second kappa shape index (κ2) is 18.2. The number of aliphatic hydroxyl groups is 6. The molecule has 0 bridgehead atoms. The predicted octanol–water partition coefficient (Wildman–Crippen LogP) is -3.18. The summed E-state index contributed by atoms with van der Waals surface area (Å²) in [4.78, 5) is 35.1. The second-order valence-corrected chi connectivity index (χ2v) is 13.2. The molecule has 10 N–H and O–H groups in total. The molecule has 4 aliphatic rings. The van der Waals surface area contributed by atoms with Crippen molar-refractivity contribution in [1.82, 2.24) is 10.6 Å². The minimum absolute atomic E-state index is 0.0612. The standard InChI is InChI=1S/C28H47N3O15S/c29-27(39)46-23-20(36)16(11-33)43-25(22(23)38)45-24-21(37)19(35)15(10-32)44-26(24)42-9-8-41-7-3-5-13(34)4-1-2-6-17-18-14(12-47-17)30-28(40)31-18/h14-26,32-33,35-38H,1-12H2,(H2,29,39)(H2,30,31,40)/t14-,15-,16+,17-,18-,19+,20+,21-,22-,23-,24-,25?,26+/m0/s1. The van der Waals surface area contributed by atoms with Gasteiger partial charge in [0.15, 0.2) is 18.7 Å². The molecule has 1 unspecified atom stereocenters. The molecule has 0 radical (unpaired) electrons. The minimum Gasteiger partial charge on any atom is -0.441 e. The van der Waals surface area contributed by atoms with Crippen molar-refractivity contribution in [1.29, 1.82) is 0 Å². The van der Waals surface area contributed by atoms with Crippen LogP contribution in [0.4, 0.5) is 9.59 Å². The largest absolute Gasteiger partial charge is 0.441 e. The molecule has 4 rings (SSSR count). The lowest BCUT2D eigenvalue weighted by atomic mass is 9.97. The fourth-order valence-corrected chi connectivity index (χ4v) is 7.60. The third-order valence-electron chi connectivity index (χ3n) is 8.58. The molecule has 4 heterocycles. The zero-order chi connectivity index (χ0) is 34.1. The predicted molar refractivity (Wildman–Crippen MR) is 160 cm³/mol. The first-order chi connectivity index (χ1) is 22.5. The van der Waals surface area contributed by atoms with Crippen LogP contribution in [0.5, 0.6) is 0 Å². The monoisotopic (exact) mass is 697 g/mol. The van der Waals surface area contributed by atoms with E-state index in [2.05, 4.69) is 10.6 Å². The van der Waals surface area contributed by atoms with Crippen LogP contribution in [-0.4, -0.2) is 166 Å². The molecule has 18 nitrogen and oxygen atoms in total. The maximum Gasteiger partial charge on any atom is 0.404 e. The van der Waals surface area contributed by atoms with Crippen LogP contribution >= 0.6 is 11.8 Å². The molecule has 0 aromatic rings. The van der Waals surface area contributed by atoms with E-state index in [0.717, 1.165) is 25.0 Å². The highest BCUT2D eigenvalue weighted by molar-refractivity contribution is 8.00. The lowest BCUT2D eigenvalue weighted by Crippen LogP contribution is -2.65.